The van der Waals surface area contributed by atoms with Crippen molar-refractivity contribution in [2.24, 2.45) is 7.05 Å². The Labute approximate surface area is 98.5 Å². The summed E-state index contributed by atoms with van der Waals surface area (Å²) in [5, 5.41) is 0. The van der Waals surface area contributed by atoms with Gasteiger partial charge in [-0.05, 0) is 12.1 Å². The third-order valence-corrected chi connectivity index (χ3v) is 2.82. The van der Waals surface area contributed by atoms with Gasteiger partial charge in [0.25, 0.3) is 0 Å². The van der Waals surface area contributed by atoms with E-state index in [0.717, 1.165) is 16.7 Å². The molecular formula is C14H11FN2. The maximum absolute atomic E-state index is 12.9. The summed E-state index contributed by atoms with van der Waals surface area (Å²) in [5.41, 5.74) is 3.06. The maximum atomic E-state index is 12.9. The first-order valence-electron chi connectivity index (χ1n) is 5.40. The second-order valence-corrected chi connectivity index (χ2v) is 3.96. The molecule has 0 bridgehead atoms. The van der Waals surface area contributed by atoms with Crippen LogP contribution in [-0.2, 0) is 7.05 Å². The Morgan fingerprint density at radius 1 is 1.06 bits per heavy atom. The molecule has 0 saturated heterocycles. The van der Waals surface area contributed by atoms with E-state index in [4.69, 9.17) is 0 Å². The lowest BCUT2D eigenvalue weighted by Gasteiger charge is -2.03. The highest BCUT2D eigenvalue weighted by Gasteiger charge is 2.05. The summed E-state index contributed by atoms with van der Waals surface area (Å²) in [4.78, 5) is 0. The molecule has 2 nitrogen and oxygen atoms in total. The van der Waals surface area contributed by atoms with Crippen LogP contribution in [0.15, 0.2) is 48.5 Å². The highest BCUT2D eigenvalue weighted by Crippen LogP contribution is 2.16. The van der Waals surface area contributed by atoms with Gasteiger partial charge < -0.3 is 9.13 Å². The fraction of sp³-hybridized carbons (Fsp3) is 0.0714. The van der Waals surface area contributed by atoms with E-state index in [9.17, 15) is 4.39 Å². The number of nitrogens with zero attached hydrogens (tertiary/aromatic N) is 2. The predicted octanol–water partition coefficient (Wildman–Crippen LogP) is 2.39. The lowest BCUT2D eigenvalue weighted by Crippen LogP contribution is -2.26. The van der Waals surface area contributed by atoms with E-state index in [1.807, 2.05) is 40.4 Å². The fourth-order valence-corrected chi connectivity index (χ4v) is 1.98. The Kier molecular flexibility index (Phi) is 2.18. The lowest BCUT2D eigenvalue weighted by molar-refractivity contribution is -0.649. The average molecular weight is 226 g/mol. The number of halogens is 1. The fourth-order valence-electron chi connectivity index (χ4n) is 1.98. The molecule has 0 aliphatic carbocycles. The Bertz CT molecular complexity index is 668. The number of benzene rings is 2. The molecule has 1 aromatic heterocycles. The van der Waals surface area contributed by atoms with Crippen molar-refractivity contribution in [2.45, 2.75) is 0 Å². The first-order chi connectivity index (χ1) is 8.25. The Morgan fingerprint density at radius 2 is 1.76 bits per heavy atom. The number of imidazole rings is 1. The standard InChI is InChI=1S/C14H11FN2/c1-16-10-17(12-8-6-11(15)7-9-12)14-5-3-2-4-13(14)16/h2-9H,1H3. The minimum atomic E-state index is -0.227. The van der Waals surface area contributed by atoms with Crippen LogP contribution in [0.4, 0.5) is 4.39 Å². The highest BCUT2D eigenvalue weighted by atomic mass is 19.1. The molecule has 1 heterocycles. The van der Waals surface area contributed by atoms with Gasteiger partial charge in [-0.3, -0.25) is 0 Å². The van der Waals surface area contributed by atoms with Gasteiger partial charge in [0.2, 0.25) is 6.33 Å². The zero-order valence-electron chi connectivity index (χ0n) is 9.39. The van der Waals surface area contributed by atoms with Crippen LogP contribution in [-0.4, -0.2) is 4.57 Å². The zero-order valence-corrected chi connectivity index (χ0v) is 9.39. The molecule has 17 heavy (non-hydrogen) atoms. The minimum absolute atomic E-state index is 0.227. The molecule has 0 amide bonds. The van der Waals surface area contributed by atoms with Crippen molar-refractivity contribution in [3.8, 4) is 5.69 Å². The molecule has 0 unspecified atom stereocenters. The number of aryl methyl sites for hydroxylation is 1. The van der Waals surface area contributed by atoms with Crippen LogP contribution >= 0.6 is 0 Å². The lowest BCUT2D eigenvalue weighted by atomic mass is 10.3. The van der Waals surface area contributed by atoms with Gasteiger partial charge in [0.1, 0.15) is 5.82 Å². The quantitative estimate of drug-likeness (QED) is 0.445. The van der Waals surface area contributed by atoms with Crippen LogP contribution in [0.3, 0.4) is 0 Å². The molecule has 0 N–H and O–H groups in total. The van der Waals surface area contributed by atoms with E-state index in [1.54, 1.807) is 12.1 Å². The topological polar surface area (TPSA) is 8.81 Å². The summed E-state index contributed by atoms with van der Waals surface area (Å²) >= 11 is 0. The molecule has 0 aliphatic heterocycles. The number of hydrogen-bond acceptors (Lipinski definition) is 0. The number of para-hydroxylation sites is 2. The van der Waals surface area contributed by atoms with Crippen LogP contribution in [0.2, 0.25) is 0 Å². The van der Waals surface area contributed by atoms with Crippen LogP contribution in [0.25, 0.3) is 16.7 Å². The Morgan fingerprint density at radius 3 is 2.53 bits per heavy atom. The van der Waals surface area contributed by atoms with E-state index in [1.165, 1.54) is 12.1 Å². The summed E-state index contributed by atoms with van der Waals surface area (Å²) in [6.45, 7) is 0. The van der Waals surface area contributed by atoms with Gasteiger partial charge in [-0.25, -0.2) is 4.39 Å². The largest absolute Gasteiger partial charge is 0.319 e. The molecule has 3 heteroatoms. The van der Waals surface area contributed by atoms with Gasteiger partial charge in [-0.1, -0.05) is 36.4 Å². The first kappa shape index (κ1) is 10.0. The molecule has 0 saturated carbocycles. The van der Waals surface area contributed by atoms with Gasteiger partial charge in [-0.15, -0.1) is 0 Å². The van der Waals surface area contributed by atoms with E-state index >= 15 is 0 Å². The molecule has 0 aliphatic rings. The van der Waals surface area contributed by atoms with Gasteiger partial charge in [0.05, 0.1) is 23.8 Å². The molecule has 3 rings (SSSR count). The van der Waals surface area contributed by atoms with Gasteiger partial charge >= 0.3 is 0 Å². The molecule has 0 atom stereocenters. The molecule has 0 radical (unpaired) electrons. The van der Waals surface area contributed by atoms with Crippen molar-refractivity contribution in [2.75, 3.05) is 0 Å². The van der Waals surface area contributed by atoms with Gasteiger partial charge in [0.15, 0.2) is 0 Å². The van der Waals surface area contributed by atoms with Crippen molar-refractivity contribution >= 4 is 11.0 Å². The molecule has 0 fully saturated rings. The third kappa shape index (κ3) is 1.60. The van der Waals surface area contributed by atoms with Crippen molar-refractivity contribution < 1.29 is 8.96 Å². The summed E-state index contributed by atoms with van der Waals surface area (Å²) in [6, 6.07) is 14.4. The number of aromatic nitrogens is 2. The van der Waals surface area contributed by atoms with E-state index in [0.29, 0.717) is 0 Å². The maximum Gasteiger partial charge on any atom is 0.244 e. The number of fused-ring (bicyclic) bond motifs is 1. The van der Waals surface area contributed by atoms with Crippen LogP contribution in [0, 0.1) is 12.1 Å². The summed E-state index contributed by atoms with van der Waals surface area (Å²) in [5.74, 6) is -0.227. The summed E-state index contributed by atoms with van der Waals surface area (Å²) in [6.07, 6.45) is 3.20. The van der Waals surface area contributed by atoms with E-state index in [2.05, 4.69) is 6.33 Å². The number of rotatable bonds is 1. The number of hydrogen-bond donors (Lipinski definition) is 0. The van der Waals surface area contributed by atoms with Crippen molar-refractivity contribution in [1.29, 1.82) is 0 Å². The first-order valence-corrected chi connectivity index (χ1v) is 5.40. The van der Waals surface area contributed by atoms with Crippen molar-refractivity contribution in [3.05, 3.63) is 60.7 Å². The molecule has 84 valence electrons. The third-order valence-electron chi connectivity index (χ3n) is 2.82. The summed E-state index contributed by atoms with van der Waals surface area (Å²) in [7, 11) is 1.95. The summed E-state index contributed by atoms with van der Waals surface area (Å²) < 4.78 is 16.8. The second-order valence-electron chi connectivity index (χ2n) is 3.96. The Hall–Kier alpha value is -2.16. The van der Waals surface area contributed by atoms with Gasteiger partial charge in [-0.2, -0.15) is 0 Å². The van der Waals surface area contributed by atoms with Gasteiger partial charge in [0, 0.05) is 0 Å². The SMILES string of the molecule is C[n+]1[c-]n(-c2ccc(F)cc2)c2ccccc21. The van der Waals surface area contributed by atoms with Crippen molar-refractivity contribution in [3.63, 3.8) is 0 Å². The van der Waals surface area contributed by atoms with Crippen LogP contribution in [0.1, 0.15) is 0 Å². The van der Waals surface area contributed by atoms with E-state index < -0.39 is 0 Å². The zero-order chi connectivity index (χ0) is 11.8. The Balaban J connectivity index is 2.27. The van der Waals surface area contributed by atoms with Crippen LogP contribution in [0.5, 0.6) is 0 Å². The normalized spacial score (nSPS) is 10.9. The second kappa shape index (κ2) is 3.70. The smallest absolute Gasteiger partial charge is 0.244 e. The minimum Gasteiger partial charge on any atom is -0.319 e. The average Bonchev–Trinajstić information content (AvgIpc) is 2.69. The molecular weight excluding hydrogens is 215 g/mol. The van der Waals surface area contributed by atoms with Crippen LogP contribution < -0.4 is 4.57 Å². The monoisotopic (exact) mass is 226 g/mol. The highest BCUT2D eigenvalue weighted by molar-refractivity contribution is 5.73. The molecule has 3 aromatic rings. The van der Waals surface area contributed by atoms with Crippen molar-refractivity contribution in [1.82, 2.24) is 4.57 Å². The van der Waals surface area contributed by atoms with E-state index in [-0.39, 0.29) is 5.82 Å². The molecule has 0 spiro atoms. The predicted molar refractivity (Wildman–Crippen MR) is 63.2 cm³/mol. The molecule has 2 aromatic carbocycles.